The molecule has 4 nitrogen and oxygen atoms in total. The van der Waals surface area contributed by atoms with Gasteiger partial charge in [0, 0.05) is 25.1 Å². The van der Waals surface area contributed by atoms with E-state index < -0.39 is 10.3 Å². The zero-order chi connectivity index (χ0) is 17.5. The molecule has 1 aromatic carbocycles. The molecule has 0 saturated heterocycles. The van der Waals surface area contributed by atoms with Crippen LogP contribution in [0, 0.1) is 0 Å². The number of hydrogen-bond donors (Lipinski definition) is 1. The van der Waals surface area contributed by atoms with Crippen LogP contribution in [0.25, 0.3) is 0 Å². The molecule has 0 spiro atoms. The number of hydrogen-bond acceptors (Lipinski definition) is 5. The summed E-state index contributed by atoms with van der Waals surface area (Å²) < 4.78 is 9.87. The summed E-state index contributed by atoms with van der Waals surface area (Å²) in [5.41, 5.74) is 0.743. The van der Waals surface area contributed by atoms with Crippen molar-refractivity contribution in [2.24, 2.45) is 0 Å². The predicted octanol–water partition coefficient (Wildman–Crippen LogP) is 3.64. The van der Waals surface area contributed by atoms with E-state index in [1.54, 1.807) is 7.11 Å². The molecule has 1 N–H and O–H groups in total. The molecule has 0 radical (unpaired) electrons. The minimum Gasteiger partial charge on any atom is -0.459 e. The van der Waals surface area contributed by atoms with E-state index in [4.69, 9.17) is 9.47 Å². The van der Waals surface area contributed by atoms with Crippen LogP contribution in [0.4, 0.5) is 0 Å². The molecule has 0 amide bonds. The van der Waals surface area contributed by atoms with E-state index in [2.05, 4.69) is 17.4 Å². The summed E-state index contributed by atoms with van der Waals surface area (Å²) >= 11 is 1.52. The Morgan fingerprint density at radius 3 is 2.26 bits per heavy atom. The smallest absolute Gasteiger partial charge is 0.322 e. The quantitative estimate of drug-likeness (QED) is 0.445. The molecule has 0 aromatic heterocycles. The standard InChI is InChI=1S/C18H29NO3S/c1-17(2,3)22-16(20)18(4,5)23-15-9-7-14(8-10-15)13-19-11-12-21-6/h7-10,19H,11-13H2,1-6H3. The van der Waals surface area contributed by atoms with E-state index in [0.717, 1.165) is 18.0 Å². The Morgan fingerprint density at radius 1 is 1.13 bits per heavy atom. The van der Waals surface area contributed by atoms with Gasteiger partial charge in [0.25, 0.3) is 0 Å². The number of esters is 1. The van der Waals surface area contributed by atoms with Crippen LogP contribution in [-0.4, -0.2) is 36.6 Å². The third kappa shape index (κ3) is 7.86. The first-order valence-electron chi connectivity index (χ1n) is 7.85. The van der Waals surface area contributed by atoms with E-state index in [1.807, 2.05) is 46.8 Å². The lowest BCUT2D eigenvalue weighted by Crippen LogP contribution is -2.36. The molecule has 0 unspecified atom stereocenters. The lowest BCUT2D eigenvalue weighted by atomic mass is 10.1. The molecule has 0 aliphatic carbocycles. The number of thioether (sulfide) groups is 1. The van der Waals surface area contributed by atoms with E-state index in [1.165, 1.54) is 17.3 Å². The molecule has 0 saturated carbocycles. The van der Waals surface area contributed by atoms with Gasteiger partial charge in [-0.15, -0.1) is 11.8 Å². The van der Waals surface area contributed by atoms with Gasteiger partial charge < -0.3 is 14.8 Å². The number of nitrogens with one attached hydrogen (secondary N) is 1. The van der Waals surface area contributed by atoms with Crippen molar-refractivity contribution in [2.75, 3.05) is 20.3 Å². The number of carbonyl (C=O) groups is 1. The lowest BCUT2D eigenvalue weighted by Gasteiger charge is -2.28. The molecule has 0 bridgehead atoms. The van der Waals surface area contributed by atoms with E-state index >= 15 is 0 Å². The van der Waals surface area contributed by atoms with Gasteiger partial charge in [-0.2, -0.15) is 0 Å². The molecule has 0 heterocycles. The average Bonchev–Trinajstić information content (AvgIpc) is 2.43. The Balaban J connectivity index is 2.57. The van der Waals surface area contributed by atoms with Gasteiger partial charge in [0.2, 0.25) is 0 Å². The lowest BCUT2D eigenvalue weighted by molar-refractivity contribution is -0.156. The number of benzene rings is 1. The summed E-state index contributed by atoms with van der Waals surface area (Å²) in [6.07, 6.45) is 0. The fraction of sp³-hybridized carbons (Fsp3) is 0.611. The molecule has 1 aromatic rings. The third-order valence-electron chi connectivity index (χ3n) is 3.00. The van der Waals surface area contributed by atoms with Gasteiger partial charge in [0.05, 0.1) is 6.61 Å². The van der Waals surface area contributed by atoms with E-state index in [0.29, 0.717) is 6.61 Å². The Bertz CT molecular complexity index is 492. The van der Waals surface area contributed by atoms with Gasteiger partial charge in [-0.05, 0) is 52.3 Å². The molecular weight excluding hydrogens is 310 g/mol. The Hall–Kier alpha value is -1.04. The summed E-state index contributed by atoms with van der Waals surface area (Å²) in [5.74, 6) is -0.194. The van der Waals surface area contributed by atoms with Gasteiger partial charge >= 0.3 is 5.97 Å². The monoisotopic (exact) mass is 339 g/mol. The number of methoxy groups -OCH3 is 1. The van der Waals surface area contributed by atoms with Crippen LogP contribution in [0.15, 0.2) is 29.2 Å². The van der Waals surface area contributed by atoms with Gasteiger partial charge in [-0.3, -0.25) is 4.79 Å². The third-order valence-corrected chi connectivity index (χ3v) is 4.18. The maximum atomic E-state index is 12.3. The highest BCUT2D eigenvalue weighted by Gasteiger charge is 2.33. The van der Waals surface area contributed by atoms with Crippen molar-refractivity contribution < 1.29 is 14.3 Å². The molecule has 0 aliphatic rings. The second-order valence-corrected chi connectivity index (χ2v) is 8.62. The molecule has 5 heteroatoms. The van der Waals surface area contributed by atoms with E-state index in [-0.39, 0.29) is 5.97 Å². The topological polar surface area (TPSA) is 47.6 Å². The molecule has 0 atom stereocenters. The summed E-state index contributed by atoms with van der Waals surface area (Å²) in [4.78, 5) is 13.3. The van der Waals surface area contributed by atoms with Gasteiger partial charge in [0.15, 0.2) is 0 Å². The predicted molar refractivity (Wildman–Crippen MR) is 95.8 cm³/mol. The first-order chi connectivity index (χ1) is 10.6. The van der Waals surface area contributed by atoms with Crippen LogP contribution in [0.2, 0.25) is 0 Å². The van der Waals surface area contributed by atoms with Gasteiger partial charge in [-0.1, -0.05) is 12.1 Å². The van der Waals surface area contributed by atoms with Crippen molar-refractivity contribution in [2.45, 2.75) is 56.4 Å². The first kappa shape index (κ1) is 20.0. The van der Waals surface area contributed by atoms with Crippen LogP contribution in [0.3, 0.4) is 0 Å². The number of rotatable bonds is 8. The zero-order valence-electron chi connectivity index (χ0n) is 15.1. The van der Waals surface area contributed by atoms with Gasteiger partial charge in [-0.25, -0.2) is 0 Å². The molecule has 130 valence electrons. The van der Waals surface area contributed by atoms with Crippen molar-refractivity contribution >= 4 is 17.7 Å². The van der Waals surface area contributed by atoms with Crippen molar-refractivity contribution in [3.63, 3.8) is 0 Å². The fourth-order valence-corrected chi connectivity index (χ4v) is 2.81. The van der Waals surface area contributed by atoms with Crippen LogP contribution in [0.1, 0.15) is 40.2 Å². The zero-order valence-corrected chi connectivity index (χ0v) is 15.9. The largest absolute Gasteiger partial charge is 0.459 e. The maximum Gasteiger partial charge on any atom is 0.322 e. The molecule has 0 fully saturated rings. The Labute approximate surface area is 144 Å². The summed E-state index contributed by atoms with van der Waals surface area (Å²) in [6.45, 7) is 11.8. The van der Waals surface area contributed by atoms with Gasteiger partial charge in [0.1, 0.15) is 10.3 Å². The van der Waals surface area contributed by atoms with Crippen molar-refractivity contribution in [1.82, 2.24) is 5.32 Å². The number of carbonyl (C=O) groups excluding carboxylic acids is 1. The normalized spacial score (nSPS) is 12.3. The van der Waals surface area contributed by atoms with Crippen molar-refractivity contribution in [3.05, 3.63) is 29.8 Å². The second-order valence-electron chi connectivity index (χ2n) is 6.93. The minimum atomic E-state index is -0.620. The van der Waals surface area contributed by atoms with Crippen LogP contribution in [-0.2, 0) is 20.8 Å². The van der Waals surface area contributed by atoms with Crippen molar-refractivity contribution in [3.8, 4) is 0 Å². The Morgan fingerprint density at radius 2 is 1.74 bits per heavy atom. The highest BCUT2D eigenvalue weighted by Crippen LogP contribution is 2.34. The summed E-state index contributed by atoms with van der Waals surface area (Å²) in [6, 6.07) is 8.24. The van der Waals surface area contributed by atoms with Crippen molar-refractivity contribution in [1.29, 1.82) is 0 Å². The Kier molecular flexibility index (Phi) is 7.58. The van der Waals surface area contributed by atoms with Crippen LogP contribution in [0.5, 0.6) is 0 Å². The van der Waals surface area contributed by atoms with Crippen LogP contribution >= 0.6 is 11.8 Å². The summed E-state index contributed by atoms with van der Waals surface area (Å²) in [7, 11) is 1.69. The highest BCUT2D eigenvalue weighted by molar-refractivity contribution is 8.01. The average molecular weight is 340 g/mol. The summed E-state index contributed by atoms with van der Waals surface area (Å²) in [5, 5.41) is 3.31. The fourth-order valence-electron chi connectivity index (χ4n) is 1.82. The maximum absolute atomic E-state index is 12.3. The molecule has 1 rings (SSSR count). The minimum absolute atomic E-state index is 0.194. The highest BCUT2D eigenvalue weighted by atomic mass is 32.2. The molecular formula is C18H29NO3S. The SMILES string of the molecule is COCCNCc1ccc(SC(C)(C)C(=O)OC(C)(C)C)cc1. The molecule has 0 aliphatic heterocycles. The first-order valence-corrected chi connectivity index (χ1v) is 8.67. The van der Waals surface area contributed by atoms with E-state index in [9.17, 15) is 4.79 Å². The molecule has 23 heavy (non-hydrogen) atoms. The second kappa shape index (κ2) is 8.71. The van der Waals surface area contributed by atoms with Crippen LogP contribution < -0.4 is 5.32 Å². The number of ether oxygens (including phenoxy) is 2.